The maximum atomic E-state index is 6.30. The van der Waals surface area contributed by atoms with Crippen molar-refractivity contribution in [3.8, 4) is 11.1 Å². The summed E-state index contributed by atoms with van der Waals surface area (Å²) >= 11 is 0. The highest BCUT2D eigenvalue weighted by Gasteiger charge is 2.22. The van der Waals surface area contributed by atoms with Crippen molar-refractivity contribution in [1.82, 2.24) is 0 Å². The fourth-order valence-electron chi connectivity index (χ4n) is 3.76. The van der Waals surface area contributed by atoms with Gasteiger partial charge in [-0.05, 0) is 65.3 Å². The second-order valence-corrected chi connectivity index (χ2v) is 6.77. The van der Waals surface area contributed by atoms with E-state index in [0.29, 0.717) is 0 Å². The second-order valence-electron chi connectivity index (χ2n) is 6.77. The van der Waals surface area contributed by atoms with Crippen LogP contribution in [0.3, 0.4) is 0 Å². The molecular weight excluding hydrogens is 280 g/mol. The molecule has 0 bridgehead atoms. The Bertz CT molecular complexity index is 688. The van der Waals surface area contributed by atoms with Gasteiger partial charge in [-0.2, -0.15) is 0 Å². The van der Waals surface area contributed by atoms with E-state index < -0.39 is 0 Å². The third-order valence-electron chi connectivity index (χ3n) is 5.03. The summed E-state index contributed by atoms with van der Waals surface area (Å²) in [5.41, 5.74) is 20.9. The molecule has 3 rings (SSSR count). The fourth-order valence-corrected chi connectivity index (χ4v) is 3.76. The molecule has 0 aromatic heterocycles. The van der Waals surface area contributed by atoms with Crippen LogP contribution in [0.4, 0.5) is 11.4 Å². The van der Waals surface area contributed by atoms with E-state index in [-0.39, 0.29) is 0 Å². The van der Waals surface area contributed by atoms with Crippen LogP contribution in [0.1, 0.15) is 62.1 Å². The molecule has 4 N–H and O–H groups in total. The van der Waals surface area contributed by atoms with Gasteiger partial charge in [0.25, 0.3) is 0 Å². The molecule has 1 aliphatic rings. The third kappa shape index (κ3) is 3.36. The van der Waals surface area contributed by atoms with Gasteiger partial charge in [0.2, 0.25) is 0 Å². The Labute approximate surface area is 139 Å². The Morgan fingerprint density at radius 1 is 0.870 bits per heavy atom. The van der Waals surface area contributed by atoms with E-state index in [1.54, 1.807) is 0 Å². The molecule has 0 heterocycles. The van der Waals surface area contributed by atoms with Gasteiger partial charge in [-0.25, -0.2) is 0 Å². The number of unbranched alkanes of at least 4 members (excludes halogenated alkanes) is 5. The van der Waals surface area contributed by atoms with Gasteiger partial charge in [0.1, 0.15) is 0 Å². The summed E-state index contributed by atoms with van der Waals surface area (Å²) in [5, 5.41) is 0. The maximum Gasteiger partial charge on any atom is 0.0349 e. The first-order chi connectivity index (χ1) is 11.2. The van der Waals surface area contributed by atoms with Crippen LogP contribution in [-0.2, 0) is 12.8 Å². The van der Waals surface area contributed by atoms with E-state index in [4.69, 9.17) is 11.5 Å². The largest absolute Gasteiger partial charge is 0.399 e. The number of hydrogen-bond donors (Lipinski definition) is 2. The van der Waals surface area contributed by atoms with Crippen LogP contribution in [0.25, 0.3) is 11.1 Å². The lowest BCUT2D eigenvalue weighted by atomic mass is 9.95. The first kappa shape index (κ1) is 15.9. The van der Waals surface area contributed by atoms with Gasteiger partial charge in [0.05, 0.1) is 0 Å². The molecule has 0 saturated carbocycles. The lowest BCUT2D eigenvalue weighted by molar-refractivity contribution is 0.607. The van der Waals surface area contributed by atoms with E-state index in [9.17, 15) is 0 Å². The SMILES string of the molecule is CCCCCCCCc1c(N)ccc2c1Cc1cc(N)ccc1-2. The summed E-state index contributed by atoms with van der Waals surface area (Å²) in [5.74, 6) is 0. The summed E-state index contributed by atoms with van der Waals surface area (Å²) in [7, 11) is 0. The van der Waals surface area contributed by atoms with E-state index in [2.05, 4.69) is 31.2 Å². The van der Waals surface area contributed by atoms with Crippen molar-refractivity contribution in [2.45, 2.75) is 58.3 Å². The lowest BCUT2D eigenvalue weighted by Crippen LogP contribution is -2.00. The molecule has 0 spiro atoms. The Kier molecular flexibility index (Phi) is 4.90. The topological polar surface area (TPSA) is 52.0 Å². The molecule has 2 aromatic carbocycles. The first-order valence-electron chi connectivity index (χ1n) is 8.99. The van der Waals surface area contributed by atoms with Crippen LogP contribution in [0, 0.1) is 0 Å². The van der Waals surface area contributed by atoms with E-state index in [1.165, 1.54) is 66.3 Å². The molecular formula is C21H28N2. The van der Waals surface area contributed by atoms with E-state index in [1.807, 2.05) is 6.07 Å². The zero-order chi connectivity index (χ0) is 16.2. The Balaban J connectivity index is 1.73. The van der Waals surface area contributed by atoms with E-state index >= 15 is 0 Å². The fraction of sp³-hybridized carbons (Fsp3) is 0.429. The normalized spacial score (nSPS) is 12.2. The Morgan fingerprint density at radius 2 is 1.61 bits per heavy atom. The molecule has 0 saturated heterocycles. The average Bonchev–Trinajstić information content (AvgIpc) is 2.90. The van der Waals surface area contributed by atoms with Crippen LogP contribution in [0.5, 0.6) is 0 Å². The van der Waals surface area contributed by atoms with Crippen LogP contribution >= 0.6 is 0 Å². The van der Waals surface area contributed by atoms with Crippen molar-refractivity contribution in [2.24, 2.45) is 0 Å². The summed E-state index contributed by atoms with van der Waals surface area (Å²) in [6, 6.07) is 10.5. The van der Waals surface area contributed by atoms with Gasteiger partial charge in [0.15, 0.2) is 0 Å². The summed E-state index contributed by atoms with van der Waals surface area (Å²) in [6.07, 6.45) is 10.0. The first-order valence-corrected chi connectivity index (χ1v) is 8.99. The highest BCUT2D eigenvalue weighted by molar-refractivity contribution is 5.81. The van der Waals surface area contributed by atoms with Gasteiger partial charge >= 0.3 is 0 Å². The standard InChI is InChI=1S/C21H28N2/c1-2-3-4-5-6-7-8-19-20-14-15-13-16(22)9-10-17(15)18(20)11-12-21(19)23/h9-13H,2-8,14,22-23H2,1H3. The predicted octanol–water partition coefficient (Wildman–Crippen LogP) is 5.33. The van der Waals surface area contributed by atoms with Gasteiger partial charge < -0.3 is 11.5 Å². The molecule has 23 heavy (non-hydrogen) atoms. The molecule has 0 atom stereocenters. The lowest BCUT2D eigenvalue weighted by Gasteiger charge is -2.12. The Morgan fingerprint density at radius 3 is 2.43 bits per heavy atom. The summed E-state index contributed by atoms with van der Waals surface area (Å²) in [4.78, 5) is 0. The predicted molar refractivity (Wildman–Crippen MR) is 101 cm³/mol. The molecule has 0 fully saturated rings. The van der Waals surface area contributed by atoms with Crippen molar-refractivity contribution >= 4 is 11.4 Å². The van der Waals surface area contributed by atoms with Crippen molar-refractivity contribution < 1.29 is 0 Å². The van der Waals surface area contributed by atoms with Crippen molar-refractivity contribution in [3.05, 3.63) is 47.0 Å². The smallest absolute Gasteiger partial charge is 0.0349 e. The minimum atomic E-state index is 0.849. The zero-order valence-corrected chi connectivity index (χ0v) is 14.2. The number of nitrogen functional groups attached to an aromatic ring is 2. The minimum absolute atomic E-state index is 0.849. The Hall–Kier alpha value is -1.96. The highest BCUT2D eigenvalue weighted by Crippen LogP contribution is 2.41. The molecule has 2 aromatic rings. The third-order valence-corrected chi connectivity index (χ3v) is 5.03. The van der Waals surface area contributed by atoms with Gasteiger partial charge in [-0.3, -0.25) is 0 Å². The number of rotatable bonds is 7. The second kappa shape index (κ2) is 7.08. The van der Waals surface area contributed by atoms with Crippen molar-refractivity contribution in [2.75, 3.05) is 11.5 Å². The molecule has 122 valence electrons. The summed E-state index contributed by atoms with van der Waals surface area (Å²) in [6.45, 7) is 2.26. The molecule has 2 nitrogen and oxygen atoms in total. The zero-order valence-electron chi connectivity index (χ0n) is 14.2. The number of fused-ring (bicyclic) bond motifs is 3. The minimum Gasteiger partial charge on any atom is -0.399 e. The number of nitrogens with two attached hydrogens (primary N) is 2. The van der Waals surface area contributed by atoms with Crippen LogP contribution in [0.2, 0.25) is 0 Å². The molecule has 0 radical (unpaired) electrons. The van der Waals surface area contributed by atoms with Crippen LogP contribution in [-0.4, -0.2) is 0 Å². The molecule has 1 aliphatic carbocycles. The van der Waals surface area contributed by atoms with Gasteiger partial charge in [0, 0.05) is 11.4 Å². The number of hydrogen-bond acceptors (Lipinski definition) is 2. The molecule has 0 aliphatic heterocycles. The molecule has 2 heteroatoms. The monoisotopic (exact) mass is 308 g/mol. The van der Waals surface area contributed by atoms with E-state index in [0.717, 1.165) is 24.2 Å². The van der Waals surface area contributed by atoms with Crippen molar-refractivity contribution in [1.29, 1.82) is 0 Å². The molecule has 0 amide bonds. The number of benzene rings is 2. The molecule has 0 unspecified atom stereocenters. The van der Waals surface area contributed by atoms with Crippen molar-refractivity contribution in [3.63, 3.8) is 0 Å². The highest BCUT2D eigenvalue weighted by atomic mass is 14.6. The van der Waals surface area contributed by atoms with Gasteiger partial charge in [-0.15, -0.1) is 0 Å². The average molecular weight is 308 g/mol. The summed E-state index contributed by atoms with van der Waals surface area (Å²) < 4.78 is 0. The van der Waals surface area contributed by atoms with Crippen LogP contribution in [0.15, 0.2) is 30.3 Å². The quantitative estimate of drug-likeness (QED) is 0.458. The maximum absolute atomic E-state index is 6.30. The van der Waals surface area contributed by atoms with Gasteiger partial charge in [-0.1, -0.05) is 51.2 Å². The van der Waals surface area contributed by atoms with Crippen LogP contribution < -0.4 is 11.5 Å². The number of anilines is 2.